The van der Waals surface area contributed by atoms with Crippen LogP contribution in [0, 0.1) is 12.8 Å². The summed E-state index contributed by atoms with van der Waals surface area (Å²) in [5, 5.41) is 15.3. The van der Waals surface area contributed by atoms with Crippen molar-refractivity contribution in [2.45, 2.75) is 34.6 Å². The van der Waals surface area contributed by atoms with E-state index in [4.69, 9.17) is 4.98 Å². The molecular weight excluding hydrogens is 488 g/mol. The Labute approximate surface area is 228 Å². The van der Waals surface area contributed by atoms with Gasteiger partial charge in [0.15, 0.2) is 0 Å². The van der Waals surface area contributed by atoms with Crippen LogP contribution in [-0.2, 0) is 0 Å². The van der Waals surface area contributed by atoms with Crippen LogP contribution in [-0.4, -0.2) is 25.1 Å². The number of fused-ring (bicyclic) bond motifs is 1. The number of aromatic nitrogens is 5. The fourth-order valence-electron chi connectivity index (χ4n) is 4.07. The van der Waals surface area contributed by atoms with E-state index < -0.39 is 0 Å². The van der Waals surface area contributed by atoms with E-state index in [2.05, 4.69) is 82.3 Å². The summed E-state index contributed by atoms with van der Waals surface area (Å²) in [6.45, 7) is 18.3. The van der Waals surface area contributed by atoms with E-state index in [1.54, 1.807) is 17.5 Å². The second-order valence-corrected chi connectivity index (χ2v) is 9.76. The molecule has 0 atom stereocenters. The maximum Gasteiger partial charge on any atom is 0.135 e. The highest BCUT2D eigenvalue weighted by molar-refractivity contribution is 7.08. The number of nitrogens with zero attached hydrogens (tertiary/aromatic N) is 3. The third-order valence-corrected chi connectivity index (χ3v) is 6.80. The molecule has 5 heterocycles. The fourth-order valence-corrected chi connectivity index (χ4v) is 4.72. The first-order valence-corrected chi connectivity index (χ1v) is 13.7. The predicted octanol–water partition coefficient (Wildman–Crippen LogP) is 8.61. The maximum absolute atomic E-state index is 4.97. The molecule has 0 bridgehead atoms. The molecule has 5 aromatic rings. The maximum atomic E-state index is 4.97. The van der Waals surface area contributed by atoms with Crippen molar-refractivity contribution in [3.63, 3.8) is 0 Å². The van der Waals surface area contributed by atoms with Crippen LogP contribution in [0.1, 0.15) is 44.5 Å². The summed E-state index contributed by atoms with van der Waals surface area (Å²) in [4.78, 5) is 12.9. The van der Waals surface area contributed by atoms with E-state index in [1.165, 1.54) is 5.56 Å². The number of anilines is 1. The Kier molecular flexibility index (Phi) is 8.38. The number of pyridine rings is 2. The van der Waals surface area contributed by atoms with Crippen LogP contribution in [0.5, 0.6) is 0 Å². The highest BCUT2D eigenvalue weighted by atomic mass is 32.1. The Bertz CT molecular complexity index is 1580. The lowest BCUT2D eigenvalue weighted by molar-refractivity contribution is 0.778. The fraction of sp³-hybridized carbons (Fsp3) is 0.194. The van der Waals surface area contributed by atoms with E-state index >= 15 is 0 Å². The van der Waals surface area contributed by atoms with E-state index in [0.717, 1.165) is 61.9 Å². The molecule has 0 radical (unpaired) electrons. The number of aryl methyl sites for hydroxylation is 1. The molecule has 6 nitrogen and oxygen atoms in total. The summed E-state index contributed by atoms with van der Waals surface area (Å²) < 4.78 is 0. The first-order chi connectivity index (χ1) is 18.4. The van der Waals surface area contributed by atoms with E-state index in [0.29, 0.717) is 5.92 Å². The van der Waals surface area contributed by atoms with Crippen LogP contribution in [0.25, 0.3) is 39.3 Å². The molecule has 0 aliphatic rings. The molecule has 0 saturated heterocycles. The average Bonchev–Trinajstić information content (AvgIpc) is 3.68. The number of hydrogen-bond acceptors (Lipinski definition) is 5. The summed E-state index contributed by atoms with van der Waals surface area (Å²) in [6.07, 6.45) is 7.48. The number of nitrogens with one attached hydrogen (secondary N) is 3. The molecule has 0 aliphatic carbocycles. The highest BCUT2D eigenvalue weighted by Gasteiger charge is 2.17. The van der Waals surface area contributed by atoms with Crippen molar-refractivity contribution in [1.82, 2.24) is 25.1 Å². The Balaban J connectivity index is 0.00000164. The van der Waals surface area contributed by atoms with Gasteiger partial charge in [-0.15, -0.1) is 0 Å². The summed E-state index contributed by atoms with van der Waals surface area (Å²) >= 11 is 1.68. The molecule has 0 amide bonds. The topological polar surface area (TPSA) is 82.3 Å². The number of aromatic amines is 2. The van der Waals surface area contributed by atoms with Crippen LogP contribution < -0.4 is 5.32 Å². The molecule has 0 aliphatic heterocycles. The van der Waals surface area contributed by atoms with Gasteiger partial charge in [0, 0.05) is 28.7 Å². The summed E-state index contributed by atoms with van der Waals surface area (Å²) in [5.41, 5.74) is 11.4. The van der Waals surface area contributed by atoms with Crippen LogP contribution in [0.15, 0.2) is 84.5 Å². The zero-order valence-electron chi connectivity index (χ0n) is 22.6. The van der Waals surface area contributed by atoms with Crippen molar-refractivity contribution >= 4 is 33.6 Å². The van der Waals surface area contributed by atoms with Gasteiger partial charge >= 0.3 is 0 Å². The molecular formula is C31H34N6S. The lowest BCUT2D eigenvalue weighted by atomic mass is 10.00. The first kappa shape index (κ1) is 26.8. The smallest absolute Gasteiger partial charge is 0.135 e. The number of H-pyrrole nitrogens is 2. The van der Waals surface area contributed by atoms with Crippen molar-refractivity contribution in [3.05, 3.63) is 101 Å². The number of thiophene rings is 1. The Morgan fingerprint density at radius 3 is 2.66 bits per heavy atom. The van der Waals surface area contributed by atoms with Gasteiger partial charge in [-0.3, -0.25) is 10.1 Å². The minimum Gasteiger partial charge on any atom is -0.358 e. The van der Waals surface area contributed by atoms with E-state index in [-0.39, 0.29) is 0 Å². The van der Waals surface area contributed by atoms with Gasteiger partial charge in [0.25, 0.3) is 0 Å². The Hall–Kier alpha value is -4.23. The van der Waals surface area contributed by atoms with Gasteiger partial charge in [-0.1, -0.05) is 53.0 Å². The molecule has 0 saturated carbocycles. The Morgan fingerprint density at radius 1 is 1.13 bits per heavy atom. The monoisotopic (exact) mass is 522 g/mol. The van der Waals surface area contributed by atoms with Gasteiger partial charge in [-0.25, -0.2) is 4.98 Å². The van der Waals surface area contributed by atoms with Crippen molar-refractivity contribution in [1.29, 1.82) is 0 Å². The molecule has 7 heteroatoms. The lowest BCUT2D eigenvalue weighted by Gasteiger charge is -2.13. The molecule has 0 fully saturated rings. The zero-order valence-corrected chi connectivity index (χ0v) is 23.4. The van der Waals surface area contributed by atoms with Gasteiger partial charge in [0.2, 0.25) is 0 Å². The van der Waals surface area contributed by atoms with Crippen LogP contribution in [0.2, 0.25) is 0 Å². The third-order valence-electron chi connectivity index (χ3n) is 6.12. The van der Waals surface area contributed by atoms with Gasteiger partial charge in [-0.2, -0.15) is 16.4 Å². The van der Waals surface area contributed by atoms with Gasteiger partial charge in [0.05, 0.1) is 28.8 Å². The first-order valence-electron chi connectivity index (χ1n) is 12.8. The minimum absolute atomic E-state index is 0.326. The molecule has 0 aromatic carbocycles. The van der Waals surface area contributed by atoms with Crippen LogP contribution in [0.4, 0.5) is 5.69 Å². The van der Waals surface area contributed by atoms with E-state index in [1.807, 2.05) is 50.4 Å². The summed E-state index contributed by atoms with van der Waals surface area (Å²) in [5.74, 6) is 0.326. The third kappa shape index (κ3) is 5.53. The second kappa shape index (κ2) is 11.9. The van der Waals surface area contributed by atoms with E-state index in [9.17, 15) is 0 Å². The standard InChI is InChI=1S/C29H28N6S.C2H6/c1-6-7-23(20-10-11-36-16-20)24-13-27(32-19(24)5)29-28-26(34-35-29)9-8-25(33-28)21-12-22(15-30-14-21)31-18(4)17(2)3;1-2/h6-17,31-32H,1,4H2,2-3,5H3,(H,34,35);1-2H3/b23-7-;. The average molecular weight is 523 g/mol. The lowest BCUT2D eigenvalue weighted by Crippen LogP contribution is -2.04. The number of rotatable bonds is 8. The van der Waals surface area contributed by atoms with Crippen molar-refractivity contribution in [2.75, 3.05) is 5.32 Å². The Morgan fingerprint density at radius 2 is 1.95 bits per heavy atom. The normalized spacial score (nSPS) is 11.4. The molecule has 5 rings (SSSR count). The molecule has 0 spiro atoms. The second-order valence-electron chi connectivity index (χ2n) is 8.98. The van der Waals surface area contributed by atoms with Crippen molar-refractivity contribution in [3.8, 4) is 22.6 Å². The van der Waals surface area contributed by atoms with Gasteiger partial charge < -0.3 is 10.3 Å². The molecule has 5 aromatic heterocycles. The number of allylic oxidation sites excluding steroid dienone is 3. The minimum atomic E-state index is 0.326. The van der Waals surface area contributed by atoms with Gasteiger partial charge in [-0.05, 0) is 65.1 Å². The van der Waals surface area contributed by atoms with Crippen LogP contribution in [0.3, 0.4) is 0 Å². The largest absolute Gasteiger partial charge is 0.358 e. The molecule has 3 N–H and O–H groups in total. The quantitative estimate of drug-likeness (QED) is 0.178. The van der Waals surface area contributed by atoms with Crippen molar-refractivity contribution < 1.29 is 0 Å². The molecule has 38 heavy (non-hydrogen) atoms. The van der Waals surface area contributed by atoms with Crippen LogP contribution >= 0.6 is 11.3 Å². The molecule has 0 unspecified atom stereocenters. The summed E-state index contributed by atoms with van der Waals surface area (Å²) in [7, 11) is 0. The summed E-state index contributed by atoms with van der Waals surface area (Å²) in [6, 6.07) is 10.3. The zero-order chi connectivity index (χ0) is 27.2. The van der Waals surface area contributed by atoms with Gasteiger partial charge in [0.1, 0.15) is 11.2 Å². The van der Waals surface area contributed by atoms with Crippen molar-refractivity contribution in [2.24, 2.45) is 5.92 Å². The molecule has 194 valence electrons. The number of hydrogen-bond donors (Lipinski definition) is 3. The highest BCUT2D eigenvalue weighted by Crippen LogP contribution is 2.34. The predicted molar refractivity (Wildman–Crippen MR) is 162 cm³/mol. The SMILES string of the molecule is C=C/C=C(/c1ccsc1)c1cc(-c2n[nH]c3ccc(-c4cncc(NC(=C)C(C)C)c4)nc23)[nH]c1C.CC.